The summed E-state index contributed by atoms with van der Waals surface area (Å²) >= 11 is 0. The highest BCUT2D eigenvalue weighted by Gasteiger charge is 2.33. The van der Waals surface area contributed by atoms with Gasteiger partial charge in [0.1, 0.15) is 6.04 Å². The molecule has 1 rings (SSSR count). The van der Waals surface area contributed by atoms with Gasteiger partial charge in [0.25, 0.3) is 0 Å². The fourth-order valence-electron chi connectivity index (χ4n) is 2.44. The Balaban J connectivity index is 2.73. The second-order valence-electron chi connectivity index (χ2n) is 4.81. The van der Waals surface area contributed by atoms with Crippen LogP contribution in [0.1, 0.15) is 46.0 Å². The van der Waals surface area contributed by atoms with Crippen LogP contribution in [-0.2, 0) is 4.79 Å². The van der Waals surface area contributed by atoms with E-state index in [-0.39, 0.29) is 6.03 Å². The first-order valence-electron chi connectivity index (χ1n) is 6.90. The lowest BCUT2D eigenvalue weighted by Crippen LogP contribution is -2.53. The summed E-state index contributed by atoms with van der Waals surface area (Å²) in [5, 5.41) is 9.19. The lowest BCUT2D eigenvalue weighted by Gasteiger charge is -2.37. The van der Waals surface area contributed by atoms with Crippen molar-refractivity contribution in [2.75, 3.05) is 19.6 Å². The lowest BCUT2D eigenvalue weighted by atomic mass is 10.0. The first-order chi connectivity index (χ1) is 8.61. The van der Waals surface area contributed by atoms with Crippen LogP contribution in [0.3, 0.4) is 0 Å². The Morgan fingerprint density at radius 3 is 2.33 bits per heavy atom. The Kier molecular flexibility index (Phi) is 5.95. The zero-order chi connectivity index (χ0) is 13.5. The predicted molar refractivity (Wildman–Crippen MR) is 69.5 cm³/mol. The average molecular weight is 256 g/mol. The first kappa shape index (κ1) is 14.8. The van der Waals surface area contributed by atoms with Gasteiger partial charge >= 0.3 is 12.0 Å². The summed E-state index contributed by atoms with van der Waals surface area (Å²) < 4.78 is 0. The molecular weight excluding hydrogens is 232 g/mol. The Morgan fingerprint density at radius 1 is 1.22 bits per heavy atom. The number of amides is 2. The highest BCUT2D eigenvalue weighted by atomic mass is 16.4. The zero-order valence-corrected chi connectivity index (χ0v) is 11.4. The number of nitrogens with zero attached hydrogens (tertiary/aromatic N) is 2. The maximum absolute atomic E-state index is 12.4. The van der Waals surface area contributed by atoms with Crippen LogP contribution in [0.4, 0.5) is 4.79 Å². The number of carboxylic acid groups (broad SMARTS) is 1. The minimum Gasteiger partial charge on any atom is -0.480 e. The largest absolute Gasteiger partial charge is 0.480 e. The number of rotatable bonds is 5. The van der Waals surface area contributed by atoms with Gasteiger partial charge in [0.15, 0.2) is 0 Å². The highest BCUT2D eigenvalue weighted by Crippen LogP contribution is 2.19. The Morgan fingerprint density at radius 2 is 1.83 bits per heavy atom. The van der Waals surface area contributed by atoms with Crippen molar-refractivity contribution < 1.29 is 14.7 Å². The molecule has 0 spiro atoms. The molecule has 1 fully saturated rings. The molecule has 1 aliphatic rings. The number of aliphatic carboxylic acids is 1. The van der Waals surface area contributed by atoms with Crippen molar-refractivity contribution in [3.8, 4) is 0 Å². The summed E-state index contributed by atoms with van der Waals surface area (Å²) in [6.07, 6.45) is 4.17. The van der Waals surface area contributed by atoms with Crippen LogP contribution >= 0.6 is 0 Å². The van der Waals surface area contributed by atoms with Crippen molar-refractivity contribution in [3.63, 3.8) is 0 Å². The number of carbonyl (C=O) groups is 2. The van der Waals surface area contributed by atoms with Gasteiger partial charge in [0, 0.05) is 19.6 Å². The van der Waals surface area contributed by atoms with Gasteiger partial charge in [-0.2, -0.15) is 0 Å². The normalized spacial score (nSPS) is 19.7. The van der Waals surface area contributed by atoms with Gasteiger partial charge in [0.2, 0.25) is 0 Å². The molecule has 0 saturated carbocycles. The van der Waals surface area contributed by atoms with E-state index >= 15 is 0 Å². The quantitative estimate of drug-likeness (QED) is 0.820. The zero-order valence-electron chi connectivity index (χ0n) is 11.4. The van der Waals surface area contributed by atoms with Gasteiger partial charge < -0.3 is 14.9 Å². The molecule has 0 bridgehead atoms. The van der Waals surface area contributed by atoms with E-state index in [1.165, 1.54) is 4.90 Å². The average Bonchev–Trinajstić information content (AvgIpc) is 2.37. The van der Waals surface area contributed by atoms with Crippen molar-refractivity contribution in [3.05, 3.63) is 0 Å². The van der Waals surface area contributed by atoms with Crippen LogP contribution in [-0.4, -0.2) is 52.6 Å². The Bertz CT molecular complexity index is 288. The highest BCUT2D eigenvalue weighted by molar-refractivity contribution is 5.83. The molecule has 0 aliphatic carbocycles. The maximum atomic E-state index is 12.4. The van der Waals surface area contributed by atoms with E-state index in [9.17, 15) is 14.7 Å². The molecule has 1 N–H and O–H groups in total. The van der Waals surface area contributed by atoms with Crippen molar-refractivity contribution >= 4 is 12.0 Å². The third kappa shape index (κ3) is 3.62. The summed E-state index contributed by atoms with van der Waals surface area (Å²) in [6, 6.07) is -0.742. The molecule has 1 atom stereocenters. The molecule has 1 saturated heterocycles. The van der Waals surface area contributed by atoms with E-state index in [1.807, 2.05) is 13.8 Å². The van der Waals surface area contributed by atoms with Crippen LogP contribution in [0.15, 0.2) is 0 Å². The summed E-state index contributed by atoms with van der Waals surface area (Å²) in [5.41, 5.74) is 0. The summed E-state index contributed by atoms with van der Waals surface area (Å²) in [6.45, 7) is 6.03. The van der Waals surface area contributed by atoms with Crippen molar-refractivity contribution in [1.29, 1.82) is 0 Å². The molecule has 1 unspecified atom stereocenters. The lowest BCUT2D eigenvalue weighted by molar-refractivity contribution is -0.143. The van der Waals surface area contributed by atoms with Gasteiger partial charge in [-0.3, -0.25) is 0 Å². The molecule has 5 heteroatoms. The fourth-order valence-corrected chi connectivity index (χ4v) is 2.44. The van der Waals surface area contributed by atoms with Gasteiger partial charge in [-0.05, 0) is 32.1 Å². The Labute approximate surface area is 109 Å². The number of piperidine rings is 1. The van der Waals surface area contributed by atoms with Crippen molar-refractivity contribution in [2.45, 2.75) is 52.0 Å². The number of likely N-dealkylation sites (tertiary alicyclic amines) is 1. The van der Waals surface area contributed by atoms with E-state index in [0.717, 1.165) is 25.7 Å². The number of carbonyl (C=O) groups excluding carboxylic acids is 1. The molecule has 5 nitrogen and oxygen atoms in total. The van der Waals surface area contributed by atoms with Gasteiger partial charge in [-0.25, -0.2) is 9.59 Å². The first-order valence-corrected chi connectivity index (χ1v) is 6.90. The summed E-state index contributed by atoms with van der Waals surface area (Å²) in [7, 11) is 0. The van der Waals surface area contributed by atoms with Gasteiger partial charge in [-0.1, -0.05) is 13.8 Å². The van der Waals surface area contributed by atoms with E-state index in [2.05, 4.69) is 0 Å². The second-order valence-corrected chi connectivity index (χ2v) is 4.81. The predicted octanol–water partition coefficient (Wildman–Crippen LogP) is 2.17. The van der Waals surface area contributed by atoms with Crippen LogP contribution in [0.2, 0.25) is 0 Å². The fraction of sp³-hybridized carbons (Fsp3) is 0.846. The van der Waals surface area contributed by atoms with E-state index < -0.39 is 12.0 Å². The Hall–Kier alpha value is -1.26. The maximum Gasteiger partial charge on any atom is 0.326 e. The van der Waals surface area contributed by atoms with Crippen LogP contribution in [0.5, 0.6) is 0 Å². The van der Waals surface area contributed by atoms with Crippen LogP contribution < -0.4 is 0 Å². The minimum atomic E-state index is -0.879. The molecule has 0 aromatic carbocycles. The molecule has 0 radical (unpaired) electrons. The van der Waals surface area contributed by atoms with Gasteiger partial charge in [0.05, 0.1) is 0 Å². The van der Waals surface area contributed by atoms with Crippen molar-refractivity contribution in [1.82, 2.24) is 9.80 Å². The molecule has 1 aliphatic heterocycles. The molecule has 0 aromatic heterocycles. The second kappa shape index (κ2) is 7.24. The number of carboxylic acids is 1. The molecule has 1 heterocycles. The molecule has 104 valence electrons. The molecule has 18 heavy (non-hydrogen) atoms. The summed E-state index contributed by atoms with van der Waals surface area (Å²) in [4.78, 5) is 26.9. The van der Waals surface area contributed by atoms with E-state index in [4.69, 9.17) is 0 Å². The van der Waals surface area contributed by atoms with E-state index in [0.29, 0.717) is 26.1 Å². The molecule has 2 amide bonds. The third-order valence-electron chi connectivity index (χ3n) is 3.29. The topological polar surface area (TPSA) is 60.9 Å². The number of hydrogen-bond donors (Lipinski definition) is 1. The standard InChI is InChI=1S/C13H24N2O3/c1-3-8-14(9-4-2)13(18)15-10-6-5-7-11(15)12(16)17/h11H,3-10H2,1-2H3,(H,16,17). The van der Waals surface area contributed by atoms with Crippen LogP contribution in [0.25, 0.3) is 0 Å². The summed E-state index contributed by atoms with van der Waals surface area (Å²) in [5.74, 6) is -0.879. The number of urea groups is 1. The smallest absolute Gasteiger partial charge is 0.326 e. The third-order valence-corrected chi connectivity index (χ3v) is 3.29. The molecular formula is C13H24N2O3. The van der Waals surface area contributed by atoms with Crippen molar-refractivity contribution in [2.24, 2.45) is 0 Å². The monoisotopic (exact) mass is 256 g/mol. The number of hydrogen-bond acceptors (Lipinski definition) is 2. The van der Waals surface area contributed by atoms with Gasteiger partial charge in [-0.15, -0.1) is 0 Å². The minimum absolute atomic E-state index is 0.106. The molecule has 0 aromatic rings. The van der Waals surface area contributed by atoms with E-state index in [1.54, 1.807) is 4.90 Å². The SMILES string of the molecule is CCCN(CCC)C(=O)N1CCCCC1C(=O)O. The van der Waals surface area contributed by atoms with Crippen LogP contribution in [0, 0.1) is 0 Å².